The molecular formula is C12H13F3N2O3. The number of rotatable bonds is 3. The molecule has 8 heteroatoms. The molecule has 2 rings (SSSR count). The number of primary amides is 1. The first-order chi connectivity index (χ1) is 9.35. The van der Waals surface area contributed by atoms with Crippen LogP contribution in [0.2, 0.25) is 0 Å². The molecule has 110 valence electrons. The van der Waals surface area contributed by atoms with Crippen LogP contribution in [-0.4, -0.2) is 38.1 Å². The molecule has 0 radical (unpaired) electrons. The molecule has 2 N–H and O–H groups in total. The molecule has 1 fully saturated rings. The SMILES string of the molecule is NC(=O)[C@H]1CN(c2ccc(OC(F)(F)F)cc2)CCO1. The molecule has 20 heavy (non-hydrogen) atoms. The zero-order valence-corrected chi connectivity index (χ0v) is 10.4. The van der Waals surface area contributed by atoms with E-state index >= 15 is 0 Å². The summed E-state index contributed by atoms with van der Waals surface area (Å²) in [5.41, 5.74) is 5.84. The number of benzene rings is 1. The zero-order valence-electron chi connectivity index (χ0n) is 10.4. The molecule has 0 aromatic heterocycles. The average molecular weight is 290 g/mol. The summed E-state index contributed by atoms with van der Waals surface area (Å²) in [7, 11) is 0. The number of hydrogen-bond donors (Lipinski definition) is 1. The van der Waals surface area contributed by atoms with Gasteiger partial charge in [-0.2, -0.15) is 0 Å². The van der Waals surface area contributed by atoms with Gasteiger partial charge in [0.15, 0.2) is 6.10 Å². The Hall–Kier alpha value is -1.96. The molecule has 0 unspecified atom stereocenters. The molecule has 1 aromatic carbocycles. The maximum Gasteiger partial charge on any atom is 0.573 e. The van der Waals surface area contributed by atoms with Crippen molar-refractivity contribution in [2.45, 2.75) is 12.5 Å². The van der Waals surface area contributed by atoms with E-state index < -0.39 is 18.4 Å². The van der Waals surface area contributed by atoms with Crippen LogP contribution in [0.3, 0.4) is 0 Å². The molecule has 1 aliphatic rings. The standard InChI is InChI=1S/C12H13F3N2O3/c13-12(14,15)20-9-3-1-8(2-4-9)17-5-6-19-10(7-17)11(16)18/h1-4,10H,5-7H2,(H2,16,18)/t10-/m1/s1. The summed E-state index contributed by atoms with van der Waals surface area (Å²) in [4.78, 5) is 12.9. The van der Waals surface area contributed by atoms with Gasteiger partial charge in [0.25, 0.3) is 0 Å². The number of ether oxygens (including phenoxy) is 2. The smallest absolute Gasteiger partial charge is 0.406 e. The van der Waals surface area contributed by atoms with Gasteiger partial charge in [-0.25, -0.2) is 0 Å². The fourth-order valence-corrected chi connectivity index (χ4v) is 1.91. The molecule has 1 amide bonds. The van der Waals surface area contributed by atoms with E-state index in [0.29, 0.717) is 18.8 Å². The molecule has 1 heterocycles. The average Bonchev–Trinajstić information content (AvgIpc) is 2.38. The van der Waals surface area contributed by atoms with Crippen LogP contribution >= 0.6 is 0 Å². The van der Waals surface area contributed by atoms with E-state index in [1.807, 2.05) is 4.90 Å². The number of carbonyl (C=O) groups is 1. The number of hydrogen-bond acceptors (Lipinski definition) is 4. The van der Waals surface area contributed by atoms with Crippen LogP contribution in [0.15, 0.2) is 24.3 Å². The summed E-state index contributed by atoms with van der Waals surface area (Å²) in [5.74, 6) is -0.854. The van der Waals surface area contributed by atoms with Gasteiger partial charge in [0.1, 0.15) is 5.75 Å². The number of anilines is 1. The second-order valence-corrected chi connectivity index (χ2v) is 4.25. The summed E-state index contributed by atoms with van der Waals surface area (Å²) >= 11 is 0. The van der Waals surface area contributed by atoms with Gasteiger partial charge in [0.2, 0.25) is 5.91 Å². The predicted octanol–water partition coefficient (Wildman–Crippen LogP) is 1.28. The summed E-state index contributed by atoms with van der Waals surface area (Å²) in [5, 5.41) is 0. The Morgan fingerprint density at radius 1 is 1.35 bits per heavy atom. The number of amides is 1. The van der Waals surface area contributed by atoms with Gasteiger partial charge in [-0.15, -0.1) is 13.2 Å². The van der Waals surface area contributed by atoms with Crippen LogP contribution in [-0.2, 0) is 9.53 Å². The third-order valence-corrected chi connectivity index (χ3v) is 2.82. The molecule has 5 nitrogen and oxygen atoms in total. The predicted molar refractivity (Wildman–Crippen MR) is 64.3 cm³/mol. The van der Waals surface area contributed by atoms with Crippen LogP contribution in [0.5, 0.6) is 5.75 Å². The van der Waals surface area contributed by atoms with Gasteiger partial charge in [0, 0.05) is 12.2 Å². The van der Waals surface area contributed by atoms with Crippen molar-refractivity contribution in [2.75, 3.05) is 24.6 Å². The largest absolute Gasteiger partial charge is 0.573 e. The maximum atomic E-state index is 12.0. The molecule has 1 aliphatic heterocycles. The minimum atomic E-state index is -4.71. The molecular weight excluding hydrogens is 277 g/mol. The fraction of sp³-hybridized carbons (Fsp3) is 0.417. The highest BCUT2D eigenvalue weighted by Gasteiger charge is 2.31. The Bertz CT molecular complexity index is 476. The molecule has 0 spiro atoms. The second-order valence-electron chi connectivity index (χ2n) is 4.25. The lowest BCUT2D eigenvalue weighted by molar-refractivity contribution is -0.274. The van der Waals surface area contributed by atoms with Crippen LogP contribution in [0.4, 0.5) is 18.9 Å². The molecule has 1 atom stereocenters. The van der Waals surface area contributed by atoms with E-state index in [-0.39, 0.29) is 12.3 Å². The highest BCUT2D eigenvalue weighted by atomic mass is 19.4. The first kappa shape index (κ1) is 14.4. The van der Waals surface area contributed by atoms with E-state index in [1.54, 1.807) is 0 Å². The number of carbonyl (C=O) groups excluding carboxylic acids is 1. The minimum absolute atomic E-state index is 0.273. The number of morpholine rings is 1. The van der Waals surface area contributed by atoms with Crippen LogP contribution in [0.1, 0.15) is 0 Å². The van der Waals surface area contributed by atoms with Gasteiger partial charge in [-0.1, -0.05) is 0 Å². The van der Waals surface area contributed by atoms with Gasteiger partial charge in [-0.3, -0.25) is 4.79 Å². The van der Waals surface area contributed by atoms with E-state index in [9.17, 15) is 18.0 Å². The summed E-state index contributed by atoms with van der Waals surface area (Å²) < 4.78 is 45.1. The number of nitrogens with zero attached hydrogens (tertiary/aromatic N) is 1. The number of nitrogens with two attached hydrogens (primary N) is 1. The van der Waals surface area contributed by atoms with Crippen LogP contribution < -0.4 is 15.4 Å². The summed E-state index contributed by atoms with van der Waals surface area (Å²) in [6, 6.07) is 5.42. The minimum Gasteiger partial charge on any atom is -0.406 e. The van der Waals surface area contributed by atoms with E-state index in [4.69, 9.17) is 10.5 Å². The lowest BCUT2D eigenvalue weighted by Gasteiger charge is -2.33. The van der Waals surface area contributed by atoms with Gasteiger partial charge in [0.05, 0.1) is 13.2 Å². The first-order valence-corrected chi connectivity index (χ1v) is 5.87. The summed E-state index contributed by atoms with van der Waals surface area (Å²) in [6.45, 7) is 1.13. The van der Waals surface area contributed by atoms with Gasteiger partial charge in [-0.05, 0) is 24.3 Å². The maximum absolute atomic E-state index is 12.0. The first-order valence-electron chi connectivity index (χ1n) is 5.87. The van der Waals surface area contributed by atoms with Crippen molar-refractivity contribution in [3.63, 3.8) is 0 Å². The van der Waals surface area contributed by atoms with Gasteiger partial charge >= 0.3 is 6.36 Å². The van der Waals surface area contributed by atoms with Crippen LogP contribution in [0, 0.1) is 0 Å². The molecule has 0 bridgehead atoms. The quantitative estimate of drug-likeness (QED) is 0.910. The summed E-state index contributed by atoms with van der Waals surface area (Å²) in [6.07, 6.45) is -5.42. The third kappa shape index (κ3) is 3.77. The Morgan fingerprint density at radius 2 is 2.00 bits per heavy atom. The van der Waals surface area contributed by atoms with Crippen molar-refractivity contribution in [3.8, 4) is 5.75 Å². The molecule has 1 saturated heterocycles. The van der Waals surface area contributed by atoms with E-state index in [0.717, 1.165) is 0 Å². The lowest BCUT2D eigenvalue weighted by Crippen LogP contribution is -2.48. The van der Waals surface area contributed by atoms with Gasteiger partial charge < -0.3 is 20.1 Å². The Kier molecular flexibility index (Phi) is 4.03. The number of alkyl halides is 3. The normalized spacial score (nSPS) is 19.8. The zero-order chi connectivity index (χ0) is 14.8. The van der Waals surface area contributed by atoms with Crippen molar-refractivity contribution in [1.29, 1.82) is 0 Å². The topological polar surface area (TPSA) is 64.8 Å². The highest BCUT2D eigenvalue weighted by molar-refractivity contribution is 5.79. The monoisotopic (exact) mass is 290 g/mol. The van der Waals surface area contributed by atoms with E-state index in [2.05, 4.69) is 4.74 Å². The van der Waals surface area contributed by atoms with Crippen molar-refractivity contribution in [1.82, 2.24) is 0 Å². The van der Waals surface area contributed by atoms with Crippen molar-refractivity contribution in [2.24, 2.45) is 5.73 Å². The van der Waals surface area contributed by atoms with E-state index in [1.165, 1.54) is 24.3 Å². The molecule has 0 aliphatic carbocycles. The Balaban J connectivity index is 2.04. The molecule has 1 aromatic rings. The highest BCUT2D eigenvalue weighted by Crippen LogP contribution is 2.26. The second kappa shape index (κ2) is 5.58. The van der Waals surface area contributed by atoms with Crippen LogP contribution in [0.25, 0.3) is 0 Å². The Morgan fingerprint density at radius 3 is 2.55 bits per heavy atom. The Labute approximate surface area is 113 Å². The fourth-order valence-electron chi connectivity index (χ4n) is 1.91. The molecule has 0 saturated carbocycles. The van der Waals surface area contributed by atoms with Crippen molar-refractivity contribution >= 4 is 11.6 Å². The van der Waals surface area contributed by atoms with Crippen molar-refractivity contribution < 1.29 is 27.4 Å². The number of halogens is 3. The van der Waals surface area contributed by atoms with Crippen molar-refractivity contribution in [3.05, 3.63) is 24.3 Å². The third-order valence-electron chi connectivity index (χ3n) is 2.82. The lowest BCUT2D eigenvalue weighted by atomic mass is 10.2.